The van der Waals surface area contributed by atoms with E-state index in [0.717, 1.165) is 38.8 Å². The van der Waals surface area contributed by atoms with Crippen molar-refractivity contribution in [3.8, 4) is 11.3 Å². The molecule has 0 saturated carbocycles. The molecule has 0 aliphatic heterocycles. The number of imidazole rings is 1. The van der Waals surface area contributed by atoms with Crippen molar-refractivity contribution in [1.29, 1.82) is 0 Å². The molecule has 0 radical (unpaired) electrons. The Bertz CT molecular complexity index is 1320. The molecule has 5 rings (SSSR count). The van der Waals surface area contributed by atoms with E-state index >= 15 is 0 Å². The summed E-state index contributed by atoms with van der Waals surface area (Å²) in [5.41, 5.74) is 4.72. The van der Waals surface area contributed by atoms with Crippen LogP contribution in [-0.2, 0) is 0 Å². The van der Waals surface area contributed by atoms with Crippen LogP contribution in [0, 0.1) is 6.92 Å². The molecule has 0 aliphatic rings. The highest BCUT2D eigenvalue weighted by molar-refractivity contribution is 7.23. The molecule has 0 amide bonds. The number of thiazole rings is 1. The zero-order chi connectivity index (χ0) is 19.3. The van der Waals surface area contributed by atoms with Gasteiger partial charge in [-0.15, -0.1) is 0 Å². The number of fused-ring (bicyclic) bond motifs is 3. The first-order valence-electron chi connectivity index (χ1n) is 8.80. The van der Waals surface area contributed by atoms with Gasteiger partial charge in [0.2, 0.25) is 0 Å². The molecule has 0 bridgehead atoms. The van der Waals surface area contributed by atoms with Gasteiger partial charge in [0.1, 0.15) is 11.5 Å². The van der Waals surface area contributed by atoms with Crippen LogP contribution in [0.4, 0.5) is 11.5 Å². The zero-order valence-corrected chi connectivity index (χ0v) is 17.2. The Morgan fingerprint density at radius 2 is 1.64 bits per heavy atom. The van der Waals surface area contributed by atoms with Crippen LogP contribution >= 0.6 is 34.5 Å². The van der Waals surface area contributed by atoms with Crippen molar-refractivity contribution in [1.82, 2.24) is 9.38 Å². The van der Waals surface area contributed by atoms with E-state index in [0.29, 0.717) is 10.0 Å². The predicted octanol–water partition coefficient (Wildman–Crippen LogP) is 7.57. The monoisotopic (exact) mass is 423 g/mol. The summed E-state index contributed by atoms with van der Waals surface area (Å²) in [5.74, 6) is 0.858. The minimum Gasteiger partial charge on any atom is -0.338 e. The number of benzene rings is 3. The Balaban J connectivity index is 1.83. The Labute approximate surface area is 176 Å². The molecule has 3 aromatic carbocycles. The fraction of sp³-hybridized carbons (Fsp3) is 0.0455. The summed E-state index contributed by atoms with van der Waals surface area (Å²) in [6, 6.07) is 21.9. The van der Waals surface area contributed by atoms with E-state index < -0.39 is 0 Å². The quantitative estimate of drug-likeness (QED) is 0.324. The summed E-state index contributed by atoms with van der Waals surface area (Å²) in [7, 11) is 0. The van der Waals surface area contributed by atoms with Gasteiger partial charge in [0.25, 0.3) is 0 Å². The molecule has 0 atom stereocenters. The number of hydrogen-bond donors (Lipinski definition) is 1. The van der Waals surface area contributed by atoms with E-state index in [-0.39, 0.29) is 0 Å². The van der Waals surface area contributed by atoms with E-state index in [4.69, 9.17) is 28.2 Å². The Hall–Kier alpha value is -2.53. The number of rotatable bonds is 3. The van der Waals surface area contributed by atoms with E-state index in [1.54, 1.807) is 11.3 Å². The van der Waals surface area contributed by atoms with Crippen LogP contribution in [0.25, 0.3) is 26.4 Å². The summed E-state index contributed by atoms with van der Waals surface area (Å²) in [4.78, 5) is 5.83. The van der Waals surface area contributed by atoms with Gasteiger partial charge in [0.05, 0.1) is 25.9 Å². The fourth-order valence-corrected chi connectivity index (χ4v) is 4.90. The highest BCUT2D eigenvalue weighted by atomic mass is 35.5. The molecule has 2 heterocycles. The number of halogens is 2. The van der Waals surface area contributed by atoms with Gasteiger partial charge < -0.3 is 5.32 Å². The number of hydrogen-bond acceptors (Lipinski definition) is 3. The molecule has 6 heteroatoms. The number of aromatic nitrogens is 2. The minimum atomic E-state index is 0.663. The van der Waals surface area contributed by atoms with E-state index in [1.807, 2.05) is 61.5 Å². The highest BCUT2D eigenvalue weighted by Gasteiger charge is 2.21. The molecule has 0 unspecified atom stereocenters. The van der Waals surface area contributed by atoms with Crippen LogP contribution < -0.4 is 5.32 Å². The number of aryl methyl sites for hydroxylation is 1. The van der Waals surface area contributed by atoms with Crippen LogP contribution in [0.2, 0.25) is 10.0 Å². The summed E-state index contributed by atoms with van der Waals surface area (Å²) in [6.07, 6.45) is 0. The number of nitrogens with zero attached hydrogens (tertiary/aromatic N) is 2. The lowest BCUT2D eigenvalue weighted by Crippen LogP contribution is -1.99. The van der Waals surface area contributed by atoms with Crippen LogP contribution in [-0.4, -0.2) is 9.38 Å². The third kappa shape index (κ3) is 2.76. The van der Waals surface area contributed by atoms with Crippen molar-refractivity contribution < 1.29 is 0 Å². The lowest BCUT2D eigenvalue weighted by atomic mass is 10.1. The maximum atomic E-state index is 6.51. The first-order valence-corrected chi connectivity index (χ1v) is 10.4. The average Bonchev–Trinajstić information content (AvgIpc) is 3.21. The van der Waals surface area contributed by atoms with E-state index in [2.05, 4.69) is 21.9 Å². The highest BCUT2D eigenvalue weighted by Crippen LogP contribution is 2.40. The first kappa shape index (κ1) is 17.6. The molecule has 0 aliphatic carbocycles. The third-order valence-corrected chi connectivity index (χ3v) is 6.41. The lowest BCUT2D eigenvalue weighted by molar-refractivity contribution is 1.27. The van der Waals surface area contributed by atoms with Crippen molar-refractivity contribution in [2.24, 2.45) is 0 Å². The van der Waals surface area contributed by atoms with Gasteiger partial charge >= 0.3 is 0 Å². The fourth-order valence-electron chi connectivity index (χ4n) is 3.38. The van der Waals surface area contributed by atoms with Crippen molar-refractivity contribution in [3.63, 3.8) is 0 Å². The van der Waals surface area contributed by atoms with Crippen LogP contribution in [0.15, 0.2) is 66.7 Å². The third-order valence-electron chi connectivity index (χ3n) is 4.75. The minimum absolute atomic E-state index is 0.663. The molecule has 1 N–H and O–H groups in total. The summed E-state index contributed by atoms with van der Waals surface area (Å²) in [6.45, 7) is 2.04. The molecule has 2 aromatic heterocycles. The largest absolute Gasteiger partial charge is 0.338 e. The van der Waals surface area contributed by atoms with Gasteiger partial charge in [-0.25, -0.2) is 4.98 Å². The second kappa shape index (κ2) is 6.82. The molecular weight excluding hydrogens is 409 g/mol. The molecule has 3 nitrogen and oxygen atoms in total. The molecule has 0 fully saturated rings. The first-order chi connectivity index (χ1) is 13.6. The molecule has 28 heavy (non-hydrogen) atoms. The summed E-state index contributed by atoms with van der Waals surface area (Å²) < 4.78 is 3.32. The van der Waals surface area contributed by atoms with Gasteiger partial charge in [-0.2, -0.15) is 0 Å². The van der Waals surface area contributed by atoms with Gasteiger partial charge in [-0.05, 0) is 36.8 Å². The predicted molar refractivity (Wildman–Crippen MR) is 120 cm³/mol. The second-order valence-corrected chi connectivity index (χ2v) is 8.36. The van der Waals surface area contributed by atoms with Gasteiger partial charge in [0.15, 0.2) is 4.96 Å². The van der Waals surface area contributed by atoms with Gasteiger partial charge in [0, 0.05) is 5.56 Å². The number of nitrogens with one attached hydrogen (secondary N) is 1. The Morgan fingerprint density at radius 3 is 2.46 bits per heavy atom. The number of para-hydroxylation sites is 2. The van der Waals surface area contributed by atoms with Gasteiger partial charge in [-0.3, -0.25) is 4.40 Å². The molecule has 5 aromatic rings. The van der Waals surface area contributed by atoms with Crippen molar-refractivity contribution >= 4 is 61.2 Å². The van der Waals surface area contributed by atoms with Crippen molar-refractivity contribution in [2.75, 3.05) is 5.32 Å². The average molecular weight is 424 g/mol. The number of anilines is 2. The smallest absolute Gasteiger partial charge is 0.197 e. The van der Waals surface area contributed by atoms with Crippen molar-refractivity contribution in [2.45, 2.75) is 6.92 Å². The molecular formula is C22H15Cl2N3S. The summed E-state index contributed by atoms with van der Waals surface area (Å²) in [5, 5.41) is 4.88. The molecule has 0 spiro atoms. The lowest BCUT2D eigenvalue weighted by Gasteiger charge is -2.13. The van der Waals surface area contributed by atoms with Crippen LogP contribution in [0.5, 0.6) is 0 Å². The van der Waals surface area contributed by atoms with Crippen LogP contribution in [0.1, 0.15) is 5.56 Å². The van der Waals surface area contributed by atoms with E-state index in [9.17, 15) is 0 Å². The second-order valence-electron chi connectivity index (χ2n) is 6.53. The Morgan fingerprint density at radius 1 is 0.893 bits per heavy atom. The zero-order valence-electron chi connectivity index (χ0n) is 14.9. The maximum absolute atomic E-state index is 6.51. The SMILES string of the molecule is Cc1cccc(Cl)c1Nc1c(-c2ccccc2Cl)nc2sc3ccccc3n12. The standard InChI is InChI=1S/C22H15Cl2N3S/c1-13-7-6-10-16(24)19(13)25-21-20(14-8-2-3-9-15(14)23)26-22-27(21)17-11-4-5-12-18(17)28-22/h2-12,25H,1H3. The Kier molecular flexibility index (Phi) is 4.27. The molecule has 138 valence electrons. The van der Waals surface area contributed by atoms with E-state index in [1.165, 1.54) is 4.70 Å². The topological polar surface area (TPSA) is 29.3 Å². The summed E-state index contributed by atoms with van der Waals surface area (Å²) >= 11 is 14.7. The van der Waals surface area contributed by atoms with Gasteiger partial charge in [-0.1, -0.05) is 77.0 Å². The van der Waals surface area contributed by atoms with Crippen molar-refractivity contribution in [3.05, 3.63) is 82.3 Å². The normalized spacial score (nSPS) is 11.4. The van der Waals surface area contributed by atoms with Crippen LogP contribution in [0.3, 0.4) is 0 Å². The molecule has 0 saturated heterocycles. The maximum Gasteiger partial charge on any atom is 0.197 e.